The van der Waals surface area contributed by atoms with Gasteiger partial charge in [0.05, 0.1) is 17.4 Å². The molecule has 0 atom stereocenters. The smallest absolute Gasteiger partial charge is 0.263 e. The molecule has 0 aliphatic heterocycles. The fourth-order valence-corrected chi connectivity index (χ4v) is 4.42. The number of hydrogen-bond acceptors (Lipinski definition) is 7. The van der Waals surface area contributed by atoms with Gasteiger partial charge >= 0.3 is 0 Å². The van der Waals surface area contributed by atoms with Crippen LogP contribution in [0.2, 0.25) is 0 Å². The van der Waals surface area contributed by atoms with Crippen LogP contribution >= 0.6 is 0 Å². The minimum absolute atomic E-state index is 0.0257. The first kappa shape index (κ1) is 28.3. The number of aromatic nitrogens is 4. The molecule has 42 heavy (non-hydrogen) atoms. The average Bonchev–Trinajstić information content (AvgIpc) is 2.98. The van der Waals surface area contributed by atoms with Crippen molar-refractivity contribution in [2.24, 2.45) is 0 Å². The number of rotatable bonds is 10. The number of amides is 1. The molecule has 9 nitrogen and oxygen atoms in total. The maximum atomic E-state index is 15.2. The van der Waals surface area contributed by atoms with E-state index in [1.165, 1.54) is 22.4 Å². The number of halogens is 1. The van der Waals surface area contributed by atoms with Crippen molar-refractivity contribution in [2.75, 3.05) is 26.0 Å². The maximum Gasteiger partial charge on any atom is 0.263 e. The first-order valence-electron chi connectivity index (χ1n) is 13.4. The lowest BCUT2D eigenvalue weighted by atomic mass is 10.1. The summed E-state index contributed by atoms with van der Waals surface area (Å²) in [6.07, 6.45) is 9.60. The molecular formula is C32H30FN7O2. The van der Waals surface area contributed by atoms with Crippen molar-refractivity contribution in [3.63, 3.8) is 0 Å². The Balaban J connectivity index is 1.21. The Labute approximate surface area is 242 Å². The Morgan fingerprint density at radius 2 is 1.86 bits per heavy atom. The highest BCUT2D eigenvalue weighted by Crippen LogP contribution is 2.22. The lowest BCUT2D eigenvalue weighted by Gasteiger charge is -2.11. The molecule has 0 saturated heterocycles. The van der Waals surface area contributed by atoms with Gasteiger partial charge in [0.25, 0.3) is 11.5 Å². The van der Waals surface area contributed by atoms with Crippen molar-refractivity contribution < 1.29 is 9.18 Å². The van der Waals surface area contributed by atoms with E-state index in [4.69, 9.17) is 0 Å². The molecule has 1 amide bonds. The van der Waals surface area contributed by atoms with Gasteiger partial charge in [-0.1, -0.05) is 30.4 Å². The monoisotopic (exact) mass is 563 g/mol. The zero-order valence-corrected chi connectivity index (χ0v) is 23.3. The zero-order valence-electron chi connectivity index (χ0n) is 23.3. The largest absolute Gasteiger partial charge is 0.348 e. The van der Waals surface area contributed by atoms with Crippen molar-refractivity contribution in [3.05, 3.63) is 130 Å². The number of fused-ring (bicyclic) bond motifs is 1. The zero-order chi connectivity index (χ0) is 29.5. The van der Waals surface area contributed by atoms with Crippen molar-refractivity contribution >= 4 is 34.5 Å². The van der Waals surface area contributed by atoms with Gasteiger partial charge in [-0.2, -0.15) is 0 Å². The molecular weight excluding hydrogens is 533 g/mol. The third kappa shape index (κ3) is 6.91. The molecule has 2 N–H and O–H groups in total. The van der Waals surface area contributed by atoms with E-state index in [0.717, 1.165) is 17.8 Å². The van der Waals surface area contributed by atoms with Gasteiger partial charge in [-0.05, 0) is 67.7 Å². The molecule has 0 aliphatic rings. The lowest BCUT2D eigenvalue weighted by molar-refractivity contribution is 0.0956. The summed E-state index contributed by atoms with van der Waals surface area (Å²) in [7, 11) is 4.04. The predicted octanol–water partition coefficient (Wildman–Crippen LogP) is 4.62. The number of benzene rings is 2. The summed E-state index contributed by atoms with van der Waals surface area (Å²) in [5, 5.41) is 6.13. The van der Waals surface area contributed by atoms with Gasteiger partial charge < -0.3 is 20.1 Å². The second-order valence-electron chi connectivity index (χ2n) is 9.98. The van der Waals surface area contributed by atoms with Crippen LogP contribution in [0.5, 0.6) is 0 Å². The van der Waals surface area contributed by atoms with E-state index < -0.39 is 17.3 Å². The molecule has 0 saturated carbocycles. The van der Waals surface area contributed by atoms with Crippen molar-refractivity contribution in [1.29, 1.82) is 0 Å². The molecule has 0 radical (unpaired) electrons. The molecule has 3 heterocycles. The molecule has 5 aromatic rings. The first-order valence-corrected chi connectivity index (χ1v) is 13.4. The Morgan fingerprint density at radius 3 is 2.62 bits per heavy atom. The third-order valence-corrected chi connectivity index (χ3v) is 6.46. The number of carbonyl (C=O) groups is 1. The molecule has 0 unspecified atom stereocenters. The second kappa shape index (κ2) is 13.0. The fraction of sp³-hybridized carbons (Fsp3) is 0.156. The molecule has 5 rings (SSSR count). The van der Waals surface area contributed by atoms with Gasteiger partial charge in [0.2, 0.25) is 5.95 Å². The van der Waals surface area contributed by atoms with E-state index in [2.05, 4.69) is 30.5 Å². The minimum Gasteiger partial charge on any atom is -0.348 e. The Kier molecular flexibility index (Phi) is 8.74. The number of pyridine rings is 2. The van der Waals surface area contributed by atoms with Crippen molar-refractivity contribution in [3.8, 4) is 0 Å². The normalized spacial score (nSPS) is 11.3. The van der Waals surface area contributed by atoms with Gasteiger partial charge in [0.1, 0.15) is 11.4 Å². The molecule has 3 aromatic heterocycles. The van der Waals surface area contributed by atoms with Gasteiger partial charge in [0.15, 0.2) is 0 Å². The number of nitrogens with one attached hydrogen (secondary N) is 2. The Bertz CT molecular complexity index is 1790. The molecule has 0 fully saturated rings. The Hall–Kier alpha value is -5.22. The topological polar surface area (TPSA) is 105 Å². The van der Waals surface area contributed by atoms with Gasteiger partial charge in [0, 0.05) is 49.1 Å². The quantitative estimate of drug-likeness (QED) is 0.255. The fourth-order valence-electron chi connectivity index (χ4n) is 4.42. The molecule has 212 valence electrons. The van der Waals surface area contributed by atoms with Crippen LogP contribution < -0.4 is 16.2 Å². The molecule has 0 spiro atoms. The van der Waals surface area contributed by atoms with Crippen LogP contribution in [0.15, 0.2) is 96.3 Å². The summed E-state index contributed by atoms with van der Waals surface area (Å²) in [5.41, 5.74) is 3.29. The Morgan fingerprint density at radius 1 is 1.02 bits per heavy atom. The van der Waals surface area contributed by atoms with E-state index in [0.29, 0.717) is 23.6 Å². The van der Waals surface area contributed by atoms with Gasteiger partial charge in [-0.25, -0.2) is 14.4 Å². The maximum absolute atomic E-state index is 15.2. The van der Waals surface area contributed by atoms with Crippen molar-refractivity contribution in [2.45, 2.75) is 13.1 Å². The highest BCUT2D eigenvalue weighted by Gasteiger charge is 2.12. The number of anilines is 2. The van der Waals surface area contributed by atoms with Gasteiger partial charge in [-0.15, -0.1) is 0 Å². The highest BCUT2D eigenvalue weighted by atomic mass is 19.1. The van der Waals surface area contributed by atoms with E-state index in [1.807, 2.05) is 44.4 Å². The van der Waals surface area contributed by atoms with E-state index in [1.54, 1.807) is 55.0 Å². The van der Waals surface area contributed by atoms with Crippen LogP contribution in [0.4, 0.5) is 16.0 Å². The molecule has 10 heteroatoms. The van der Waals surface area contributed by atoms with Crippen LogP contribution in [-0.2, 0) is 13.1 Å². The van der Waals surface area contributed by atoms with Gasteiger partial charge in [-0.3, -0.25) is 14.6 Å². The summed E-state index contributed by atoms with van der Waals surface area (Å²) < 4.78 is 16.7. The van der Waals surface area contributed by atoms with Crippen LogP contribution in [0.3, 0.4) is 0 Å². The summed E-state index contributed by atoms with van der Waals surface area (Å²) in [6, 6.07) is 18.1. The summed E-state index contributed by atoms with van der Waals surface area (Å²) in [5.74, 6) is -0.602. The second-order valence-corrected chi connectivity index (χ2v) is 9.98. The van der Waals surface area contributed by atoms with Crippen LogP contribution in [0.1, 0.15) is 27.0 Å². The highest BCUT2D eigenvalue weighted by molar-refractivity contribution is 5.94. The summed E-state index contributed by atoms with van der Waals surface area (Å²) >= 11 is 0. The molecule has 0 aliphatic carbocycles. The predicted molar refractivity (Wildman–Crippen MR) is 162 cm³/mol. The van der Waals surface area contributed by atoms with Crippen LogP contribution in [-0.4, -0.2) is 51.0 Å². The summed E-state index contributed by atoms with van der Waals surface area (Å²) in [4.78, 5) is 40.4. The van der Waals surface area contributed by atoms with E-state index in [9.17, 15) is 9.59 Å². The van der Waals surface area contributed by atoms with Crippen molar-refractivity contribution in [1.82, 2.24) is 29.7 Å². The standard InChI is InChI=1S/C32H30FN7O2/c1-39(2)20-22-9-12-25(13-10-22)37-32-36-19-27-28(38-32)14-11-24(29(27)33)7-4-16-35-30(41)26-8-5-17-40(31(26)42)21-23-6-3-15-34-18-23/h3-15,17-19H,16,20-21H2,1-2H3,(H,35,41)(H,36,37,38)/b7-4+. The minimum atomic E-state index is -0.509. The molecule has 2 aromatic carbocycles. The van der Waals surface area contributed by atoms with Crippen LogP contribution in [0.25, 0.3) is 17.0 Å². The number of carbonyl (C=O) groups excluding carboxylic acids is 1. The SMILES string of the molecule is CN(C)Cc1ccc(Nc2ncc3c(F)c(/C=C/CNC(=O)c4cccn(Cc5cccnc5)c4=O)ccc3n2)cc1. The summed E-state index contributed by atoms with van der Waals surface area (Å²) in [6.45, 7) is 1.26. The number of nitrogens with zero attached hydrogens (tertiary/aromatic N) is 5. The van der Waals surface area contributed by atoms with E-state index >= 15 is 4.39 Å². The third-order valence-electron chi connectivity index (χ3n) is 6.46. The van der Waals surface area contributed by atoms with Crippen LogP contribution in [0, 0.1) is 5.82 Å². The average molecular weight is 564 g/mol. The molecule has 0 bridgehead atoms. The van der Waals surface area contributed by atoms with E-state index in [-0.39, 0.29) is 17.5 Å². The first-order chi connectivity index (χ1) is 20.4. The lowest BCUT2D eigenvalue weighted by Crippen LogP contribution is -2.33. The number of hydrogen-bond donors (Lipinski definition) is 2.